The predicted molar refractivity (Wildman–Crippen MR) is 125 cm³/mol. The molecule has 1 N–H and O–H groups in total. The van der Waals surface area contributed by atoms with E-state index in [-0.39, 0.29) is 24.8 Å². The Morgan fingerprint density at radius 2 is 1.90 bits per heavy atom. The Hall–Kier alpha value is -1.46. The van der Waals surface area contributed by atoms with Crippen LogP contribution in [0.5, 0.6) is 11.5 Å². The third-order valence-corrected chi connectivity index (χ3v) is 5.49. The van der Waals surface area contributed by atoms with Crippen LogP contribution in [0, 0.1) is 6.92 Å². The molecule has 2 aromatic carbocycles. The van der Waals surface area contributed by atoms with Gasteiger partial charge in [0.25, 0.3) is 0 Å². The van der Waals surface area contributed by atoms with E-state index in [1.165, 1.54) is 36.1 Å². The average molecular weight is 441 g/mol. The van der Waals surface area contributed by atoms with E-state index in [1.54, 1.807) is 7.11 Å². The molecule has 0 spiro atoms. The van der Waals surface area contributed by atoms with Gasteiger partial charge < -0.3 is 14.8 Å². The summed E-state index contributed by atoms with van der Waals surface area (Å²) in [5, 5.41) is 3.61. The maximum atomic E-state index is 6.01. The second kappa shape index (κ2) is 13.0. The Morgan fingerprint density at radius 1 is 1.10 bits per heavy atom. The second-order valence-corrected chi connectivity index (χ2v) is 7.26. The average Bonchev–Trinajstić information content (AvgIpc) is 3.15. The number of aryl methyl sites for hydroxylation is 1. The first-order valence-corrected chi connectivity index (χ1v) is 10.00. The standard InChI is InChI=1S/C23H32N2O2.2ClH/c1-4-25-13-7-10-21(25)16-24-15-19-11-12-22(23(14-19)26-3)27-17-20-9-6-5-8-18(20)2;;/h5-6,8-9,11-12,14,21,24H,4,7,10,13,15-17H2,1-3H3;2*1H. The molecule has 0 aromatic heterocycles. The zero-order valence-corrected chi connectivity index (χ0v) is 19.3. The summed E-state index contributed by atoms with van der Waals surface area (Å²) in [4.78, 5) is 2.57. The minimum absolute atomic E-state index is 0. The van der Waals surface area contributed by atoms with Crippen LogP contribution in [-0.4, -0.2) is 37.7 Å². The lowest BCUT2D eigenvalue weighted by Crippen LogP contribution is -2.37. The Morgan fingerprint density at radius 3 is 2.62 bits per heavy atom. The summed E-state index contributed by atoms with van der Waals surface area (Å²) >= 11 is 0. The van der Waals surface area contributed by atoms with Gasteiger partial charge in [-0.15, -0.1) is 24.8 Å². The maximum Gasteiger partial charge on any atom is 0.161 e. The van der Waals surface area contributed by atoms with Gasteiger partial charge in [-0.3, -0.25) is 4.90 Å². The minimum atomic E-state index is 0. The van der Waals surface area contributed by atoms with Crippen LogP contribution in [0.4, 0.5) is 0 Å². The summed E-state index contributed by atoms with van der Waals surface area (Å²) in [6.07, 6.45) is 2.62. The largest absolute Gasteiger partial charge is 0.493 e. The predicted octanol–water partition coefficient (Wildman–Crippen LogP) is 5.00. The molecule has 1 fully saturated rings. The molecule has 1 unspecified atom stereocenters. The first-order valence-electron chi connectivity index (χ1n) is 10.00. The Labute approximate surface area is 187 Å². The van der Waals surface area contributed by atoms with Gasteiger partial charge in [0.15, 0.2) is 11.5 Å². The van der Waals surface area contributed by atoms with Gasteiger partial charge >= 0.3 is 0 Å². The summed E-state index contributed by atoms with van der Waals surface area (Å²) in [5.41, 5.74) is 3.66. The van der Waals surface area contributed by atoms with Crippen LogP contribution in [0.1, 0.15) is 36.5 Å². The van der Waals surface area contributed by atoms with E-state index < -0.39 is 0 Å². The second-order valence-electron chi connectivity index (χ2n) is 7.26. The van der Waals surface area contributed by atoms with Gasteiger partial charge in [-0.2, -0.15) is 0 Å². The smallest absolute Gasteiger partial charge is 0.161 e. The van der Waals surface area contributed by atoms with Gasteiger partial charge in [0.05, 0.1) is 7.11 Å². The van der Waals surface area contributed by atoms with Crippen molar-refractivity contribution < 1.29 is 9.47 Å². The van der Waals surface area contributed by atoms with Crippen molar-refractivity contribution >= 4 is 24.8 Å². The van der Waals surface area contributed by atoms with Crippen LogP contribution in [-0.2, 0) is 13.2 Å². The van der Waals surface area contributed by atoms with Crippen molar-refractivity contribution in [2.24, 2.45) is 0 Å². The van der Waals surface area contributed by atoms with E-state index in [0.717, 1.165) is 31.1 Å². The third kappa shape index (κ3) is 7.07. The van der Waals surface area contributed by atoms with Crippen molar-refractivity contribution in [3.63, 3.8) is 0 Å². The number of rotatable bonds is 9. The van der Waals surface area contributed by atoms with Gasteiger partial charge in [0, 0.05) is 19.1 Å². The molecular weight excluding hydrogens is 407 g/mol. The van der Waals surface area contributed by atoms with Crippen molar-refractivity contribution in [1.82, 2.24) is 10.2 Å². The lowest BCUT2D eigenvalue weighted by Gasteiger charge is -2.23. The molecule has 0 radical (unpaired) electrons. The molecule has 2 aromatic rings. The molecule has 29 heavy (non-hydrogen) atoms. The van der Waals surface area contributed by atoms with Gasteiger partial charge in [-0.05, 0) is 61.7 Å². The number of hydrogen-bond acceptors (Lipinski definition) is 4. The molecule has 3 rings (SSSR count). The van der Waals surface area contributed by atoms with Crippen molar-refractivity contribution in [2.75, 3.05) is 26.7 Å². The zero-order chi connectivity index (χ0) is 19.1. The maximum absolute atomic E-state index is 6.01. The molecule has 4 nitrogen and oxygen atoms in total. The number of likely N-dealkylation sites (tertiary alicyclic amines) is 1. The number of halogens is 2. The lowest BCUT2D eigenvalue weighted by atomic mass is 10.1. The number of hydrogen-bond donors (Lipinski definition) is 1. The number of likely N-dealkylation sites (N-methyl/N-ethyl adjacent to an activating group) is 1. The highest BCUT2D eigenvalue weighted by Crippen LogP contribution is 2.29. The first-order chi connectivity index (χ1) is 13.2. The van der Waals surface area contributed by atoms with Gasteiger partial charge in [-0.1, -0.05) is 37.3 Å². The molecule has 0 amide bonds. The monoisotopic (exact) mass is 440 g/mol. The lowest BCUT2D eigenvalue weighted by molar-refractivity contribution is 0.260. The Balaban J connectivity index is 0.00000210. The molecule has 162 valence electrons. The summed E-state index contributed by atoms with van der Waals surface area (Å²) in [6.45, 7) is 9.18. The molecule has 0 saturated carbocycles. The van der Waals surface area contributed by atoms with Gasteiger partial charge in [0.1, 0.15) is 6.61 Å². The molecule has 0 aliphatic carbocycles. The number of benzene rings is 2. The molecular formula is C23H34Cl2N2O2. The van der Waals surface area contributed by atoms with E-state index in [0.29, 0.717) is 12.6 Å². The Bertz CT molecular complexity index is 743. The van der Waals surface area contributed by atoms with E-state index in [4.69, 9.17) is 9.47 Å². The highest BCUT2D eigenvalue weighted by Gasteiger charge is 2.22. The molecule has 6 heteroatoms. The summed E-state index contributed by atoms with van der Waals surface area (Å²) < 4.78 is 11.6. The van der Waals surface area contributed by atoms with Crippen molar-refractivity contribution in [3.05, 3.63) is 59.2 Å². The number of nitrogens with zero attached hydrogens (tertiary/aromatic N) is 1. The highest BCUT2D eigenvalue weighted by molar-refractivity contribution is 5.85. The third-order valence-electron chi connectivity index (χ3n) is 5.49. The van der Waals surface area contributed by atoms with Crippen LogP contribution in [0.2, 0.25) is 0 Å². The van der Waals surface area contributed by atoms with Crippen LogP contribution in [0.25, 0.3) is 0 Å². The fourth-order valence-corrected chi connectivity index (χ4v) is 3.79. The van der Waals surface area contributed by atoms with Crippen LogP contribution in [0.15, 0.2) is 42.5 Å². The van der Waals surface area contributed by atoms with Crippen LogP contribution >= 0.6 is 24.8 Å². The molecule has 1 atom stereocenters. The number of methoxy groups -OCH3 is 1. The van der Waals surface area contributed by atoms with E-state index >= 15 is 0 Å². The van der Waals surface area contributed by atoms with E-state index in [9.17, 15) is 0 Å². The fourth-order valence-electron chi connectivity index (χ4n) is 3.79. The topological polar surface area (TPSA) is 33.7 Å². The number of ether oxygens (including phenoxy) is 2. The fraction of sp³-hybridized carbons (Fsp3) is 0.478. The first kappa shape index (κ1) is 25.6. The Kier molecular flexibility index (Phi) is 11.4. The summed E-state index contributed by atoms with van der Waals surface area (Å²) in [5.74, 6) is 1.58. The van der Waals surface area contributed by atoms with Gasteiger partial charge in [0.2, 0.25) is 0 Å². The minimum Gasteiger partial charge on any atom is -0.493 e. The van der Waals surface area contributed by atoms with Crippen molar-refractivity contribution in [1.29, 1.82) is 0 Å². The molecule has 1 aliphatic heterocycles. The summed E-state index contributed by atoms with van der Waals surface area (Å²) in [7, 11) is 1.70. The molecule has 1 aliphatic rings. The highest BCUT2D eigenvalue weighted by atomic mass is 35.5. The summed E-state index contributed by atoms with van der Waals surface area (Å²) in [6, 6.07) is 15.2. The van der Waals surface area contributed by atoms with Crippen LogP contribution in [0.3, 0.4) is 0 Å². The van der Waals surface area contributed by atoms with Crippen molar-refractivity contribution in [3.8, 4) is 11.5 Å². The molecule has 1 heterocycles. The van der Waals surface area contributed by atoms with Crippen LogP contribution < -0.4 is 14.8 Å². The SMILES string of the molecule is CCN1CCCC1CNCc1ccc(OCc2ccccc2C)c(OC)c1.Cl.Cl. The molecule has 0 bridgehead atoms. The van der Waals surface area contributed by atoms with Gasteiger partial charge in [-0.25, -0.2) is 0 Å². The number of nitrogens with one attached hydrogen (secondary N) is 1. The zero-order valence-electron chi connectivity index (χ0n) is 17.6. The normalized spacial score (nSPS) is 16.0. The quantitative estimate of drug-likeness (QED) is 0.594. The molecule has 1 saturated heterocycles. The van der Waals surface area contributed by atoms with E-state index in [1.807, 2.05) is 18.2 Å². The van der Waals surface area contributed by atoms with Crippen molar-refractivity contribution in [2.45, 2.75) is 45.9 Å². The van der Waals surface area contributed by atoms with E-state index in [2.05, 4.69) is 48.3 Å².